The molecule has 5 saturated carbocycles. The molecular weight excluding hydrogens is 771 g/mol. The van der Waals surface area contributed by atoms with E-state index in [1.54, 1.807) is 13.0 Å². The third kappa shape index (κ3) is 7.20. The molecule has 5 aliphatic rings. The zero-order valence-corrected chi connectivity index (χ0v) is 34.2. The summed E-state index contributed by atoms with van der Waals surface area (Å²) < 4.78 is -0.820. The van der Waals surface area contributed by atoms with Gasteiger partial charge in [0.15, 0.2) is 0 Å². The van der Waals surface area contributed by atoms with Crippen LogP contribution in [-0.2, 0) is 16.1 Å². The maximum atomic E-state index is 14.6. The molecule has 5 aliphatic carbocycles. The van der Waals surface area contributed by atoms with Gasteiger partial charge in [-0.3, -0.25) is 4.79 Å². The number of halogens is 1. The van der Waals surface area contributed by atoms with Gasteiger partial charge in [-0.1, -0.05) is 0 Å². The molecule has 6 rings (SSSR count). The molecule has 0 spiro atoms. The minimum absolute atomic E-state index is 0.0853. The van der Waals surface area contributed by atoms with Gasteiger partial charge in [0.05, 0.1) is 0 Å². The average Bonchev–Trinajstić information content (AvgIpc) is 3.47. The van der Waals surface area contributed by atoms with Gasteiger partial charge < -0.3 is 5.11 Å². The van der Waals surface area contributed by atoms with Crippen molar-refractivity contribution in [1.29, 1.82) is 0 Å². The zero-order valence-electron chi connectivity index (χ0n) is 32.1. The molecular formula is C42H64IN2O7-. The number of carboxylic acid groups (broad SMARTS) is 1. The second-order valence-corrected chi connectivity index (χ2v) is 23.1. The number of carboxylic acids is 1. The van der Waals surface area contributed by atoms with E-state index in [9.17, 15) is 29.7 Å². The number of hydrogen-bond acceptors (Lipinski definition) is 6. The molecule has 11 unspecified atom stereocenters. The fraction of sp³-hybridized carbons (Fsp3) is 0.786. The molecule has 2 amide bonds. The van der Waals surface area contributed by atoms with Crippen molar-refractivity contribution in [2.24, 2.45) is 51.2 Å². The van der Waals surface area contributed by atoms with Gasteiger partial charge in [0, 0.05) is 6.42 Å². The zero-order chi connectivity index (χ0) is 37.7. The van der Waals surface area contributed by atoms with Crippen molar-refractivity contribution < 1.29 is 56.0 Å². The van der Waals surface area contributed by atoms with Crippen molar-refractivity contribution in [3.63, 3.8) is 0 Å². The topological polar surface area (TPSA) is 156 Å². The van der Waals surface area contributed by atoms with Crippen LogP contribution in [0.4, 0.5) is 0 Å². The number of carbonyl (C=O) groups excluding carboxylic acids is 2. The van der Waals surface area contributed by atoms with Crippen LogP contribution >= 0.6 is 0 Å². The molecule has 10 heteroatoms. The number of hydrogen-bond donors (Lipinski definition) is 6. The molecule has 0 aromatic heterocycles. The molecule has 5 fully saturated rings. The predicted molar refractivity (Wildman–Crippen MR) is 196 cm³/mol. The quantitative estimate of drug-likeness (QED) is 0.108. The number of aliphatic hydroxyl groups excluding tert-OH is 2. The Balaban J connectivity index is 1.20. The third-order valence-corrected chi connectivity index (χ3v) is 19.2. The van der Waals surface area contributed by atoms with Gasteiger partial charge >= 0.3 is 293 Å². The van der Waals surface area contributed by atoms with E-state index in [0.29, 0.717) is 55.2 Å². The van der Waals surface area contributed by atoms with Crippen LogP contribution in [-0.4, -0.2) is 65.0 Å². The average molecular weight is 836 g/mol. The summed E-state index contributed by atoms with van der Waals surface area (Å²) in [4.78, 5) is 38.3. The fourth-order valence-corrected chi connectivity index (χ4v) is 17.1. The number of aliphatic carboxylic acids is 1. The molecule has 292 valence electrons. The Bertz CT molecular complexity index is 1500. The van der Waals surface area contributed by atoms with Gasteiger partial charge in [-0.05, 0) is 12.8 Å². The summed E-state index contributed by atoms with van der Waals surface area (Å²) in [5.74, 6) is 1.27. The molecule has 0 aliphatic heterocycles. The van der Waals surface area contributed by atoms with Crippen LogP contribution in [0.25, 0.3) is 0 Å². The number of rotatable bonds is 12. The van der Waals surface area contributed by atoms with E-state index in [1.165, 1.54) is 6.42 Å². The van der Waals surface area contributed by atoms with Crippen LogP contribution < -0.4 is 31.8 Å². The van der Waals surface area contributed by atoms with Crippen LogP contribution in [0.2, 0.25) is 0 Å². The molecule has 9 nitrogen and oxygen atoms in total. The first kappa shape index (κ1) is 39.9. The number of alkyl halides is 2. The third-order valence-electron chi connectivity index (χ3n) is 15.3. The standard InChI is InChI=1S/C42H64IN2O7/c1-38(2)31-16-18-39(3)29-14-20-42(37(51)45-24-26-9-8-10-27(23-26)36(50)44-22-7-6-11-34(48)49)21-15-30(43-41(5,52)25-46)35(42)28(29)12-13-32(39)40(31,4)19-17-33(38)47/h8-10,23,28-33,35,46-47,52H,6-7,11-22,24-25H2,1-5H3,(H,44,50)(H,45,51)(H,48,49)/q-1. The first-order chi connectivity index (χ1) is 24.5. The van der Waals surface area contributed by atoms with E-state index in [4.69, 9.17) is 5.11 Å². The molecule has 1 aromatic carbocycles. The number of unbranched alkanes of at least 4 members (excludes halogenated alkanes) is 1. The van der Waals surface area contributed by atoms with Crippen molar-refractivity contribution in [2.75, 3.05) is 13.2 Å². The molecule has 0 radical (unpaired) electrons. The Hall–Kier alpha value is -1.76. The van der Waals surface area contributed by atoms with Gasteiger partial charge in [-0.25, -0.2) is 0 Å². The van der Waals surface area contributed by atoms with E-state index < -0.39 is 36.2 Å². The molecule has 1 aromatic rings. The van der Waals surface area contributed by atoms with Crippen molar-refractivity contribution in [3.05, 3.63) is 35.4 Å². The molecule has 0 saturated heterocycles. The van der Waals surface area contributed by atoms with Gasteiger partial charge in [-0.2, -0.15) is 0 Å². The van der Waals surface area contributed by atoms with E-state index in [-0.39, 0.29) is 57.0 Å². The summed E-state index contributed by atoms with van der Waals surface area (Å²) in [5.41, 5.74) is 1.16. The minimum atomic E-state index is -1.08. The van der Waals surface area contributed by atoms with Crippen molar-refractivity contribution in [2.45, 2.75) is 138 Å². The Labute approximate surface area is 321 Å². The fourth-order valence-electron chi connectivity index (χ4n) is 12.9. The summed E-state index contributed by atoms with van der Waals surface area (Å²) >= 11 is -0.795. The number of nitrogens with one attached hydrogen (secondary N) is 2. The van der Waals surface area contributed by atoms with E-state index in [0.717, 1.165) is 63.4 Å². The van der Waals surface area contributed by atoms with E-state index >= 15 is 0 Å². The normalized spacial score (nSPS) is 38.9. The monoisotopic (exact) mass is 835 g/mol. The maximum absolute atomic E-state index is 14.6. The number of benzene rings is 1. The van der Waals surface area contributed by atoms with Gasteiger partial charge in [0.1, 0.15) is 0 Å². The molecule has 0 bridgehead atoms. The van der Waals surface area contributed by atoms with Crippen molar-refractivity contribution in [3.8, 4) is 0 Å². The number of amides is 2. The predicted octanol–water partition coefficient (Wildman–Crippen LogP) is 2.88. The summed E-state index contributed by atoms with van der Waals surface area (Å²) in [5, 5.41) is 47.5. The van der Waals surface area contributed by atoms with E-state index in [1.807, 2.05) is 18.2 Å². The Morgan fingerprint density at radius 3 is 2.37 bits per heavy atom. The van der Waals surface area contributed by atoms with E-state index in [2.05, 4.69) is 38.3 Å². The Kier molecular flexibility index (Phi) is 11.6. The molecule has 6 N–H and O–H groups in total. The van der Waals surface area contributed by atoms with Gasteiger partial charge in [-0.15, -0.1) is 0 Å². The Morgan fingerprint density at radius 2 is 1.63 bits per heavy atom. The van der Waals surface area contributed by atoms with Crippen molar-refractivity contribution in [1.82, 2.24) is 10.6 Å². The van der Waals surface area contributed by atoms with Crippen LogP contribution in [0.5, 0.6) is 0 Å². The van der Waals surface area contributed by atoms with Crippen LogP contribution in [0, 0.1) is 51.2 Å². The van der Waals surface area contributed by atoms with Gasteiger partial charge in [0.2, 0.25) is 0 Å². The first-order valence-corrected chi connectivity index (χ1v) is 22.3. The molecule has 52 heavy (non-hydrogen) atoms. The number of fused-ring (bicyclic) bond motifs is 7. The number of carbonyl (C=O) groups is 3. The molecule has 0 heterocycles. The Morgan fingerprint density at radius 1 is 0.904 bits per heavy atom. The van der Waals surface area contributed by atoms with Gasteiger partial charge in [0.25, 0.3) is 0 Å². The first-order valence-electron chi connectivity index (χ1n) is 20.0. The SMILES string of the molecule is CC(O)(CO)[I-]C1CCC2(C(=O)NCc3cccc(C(=O)NCCCCC(=O)O)c3)CCC3C(CCC4C3(C)CCC3C(C)(C)C(O)CCC34C)C12. The van der Waals surface area contributed by atoms with Crippen molar-refractivity contribution >= 4 is 17.8 Å². The molecule has 11 atom stereocenters. The second-order valence-electron chi connectivity index (χ2n) is 18.6. The van der Waals surface area contributed by atoms with Crippen LogP contribution in [0.15, 0.2) is 24.3 Å². The van der Waals surface area contributed by atoms with Crippen LogP contribution in [0.3, 0.4) is 0 Å². The second kappa shape index (κ2) is 15.1. The summed E-state index contributed by atoms with van der Waals surface area (Å²) in [6.07, 6.45) is 11.1. The summed E-state index contributed by atoms with van der Waals surface area (Å²) in [7, 11) is 0. The summed E-state index contributed by atoms with van der Waals surface area (Å²) in [6, 6.07) is 7.35. The van der Waals surface area contributed by atoms with Crippen LogP contribution in [0.1, 0.15) is 134 Å². The summed E-state index contributed by atoms with van der Waals surface area (Å²) in [6.45, 7) is 12.0. The number of aliphatic hydroxyl groups is 3.